The van der Waals surface area contributed by atoms with Crippen LogP contribution < -0.4 is 0 Å². The molecule has 0 saturated heterocycles. The van der Waals surface area contributed by atoms with E-state index in [1.54, 1.807) is 0 Å². The Morgan fingerprint density at radius 2 is 2.43 bits per heavy atom. The van der Waals surface area contributed by atoms with Crippen molar-refractivity contribution in [1.29, 1.82) is 0 Å². The molecule has 0 bridgehead atoms. The fraction of sp³-hybridized carbons (Fsp3) is 0. The molecule has 0 rings (SSSR count). The van der Waals surface area contributed by atoms with E-state index < -0.39 is 5.97 Å². The van der Waals surface area contributed by atoms with Crippen LogP contribution in [0.4, 0.5) is 0 Å². The minimum atomic E-state index is -1.25. The van der Waals surface area contributed by atoms with Crippen LogP contribution in [-0.2, 0) is 9.59 Å². The summed E-state index contributed by atoms with van der Waals surface area (Å²) in [6.45, 7) is 0. The molecule has 0 aromatic carbocycles. The van der Waals surface area contributed by atoms with Gasteiger partial charge in [0.05, 0.1) is 0 Å². The first-order valence-corrected chi connectivity index (χ1v) is 1.40. The predicted octanol–water partition coefficient (Wildman–Crippen LogP) is -0.791. The topological polar surface area (TPSA) is 66.7 Å². The highest BCUT2D eigenvalue weighted by Crippen LogP contribution is 1.53. The van der Waals surface area contributed by atoms with Gasteiger partial charge in [0, 0.05) is 0 Å². The zero-order chi connectivity index (χ0) is 5.70. The first-order valence-electron chi connectivity index (χ1n) is 1.40. The highest BCUT2D eigenvalue weighted by molar-refractivity contribution is 6.23. The van der Waals surface area contributed by atoms with Gasteiger partial charge in [0.1, 0.15) is 6.21 Å². The van der Waals surface area contributed by atoms with Crippen LogP contribution in [0.5, 0.6) is 0 Å². The maximum absolute atomic E-state index is 9.43. The van der Waals surface area contributed by atoms with Gasteiger partial charge in [0.2, 0.25) is 0 Å². The lowest BCUT2D eigenvalue weighted by Gasteiger charge is -1.67. The Balaban J connectivity index is 3.46. The van der Waals surface area contributed by atoms with Gasteiger partial charge in [-0.05, 0) is 0 Å². The Bertz CT molecular complexity index is 107. The maximum Gasteiger partial charge on any atom is 0.347 e. The van der Waals surface area contributed by atoms with Crippen LogP contribution in [0.1, 0.15) is 0 Å². The molecule has 4 heteroatoms. The van der Waals surface area contributed by atoms with Crippen LogP contribution >= 0.6 is 0 Å². The Hall–Kier alpha value is -1.19. The Morgan fingerprint density at radius 3 is 2.57 bits per heavy atom. The van der Waals surface area contributed by atoms with Crippen molar-refractivity contribution in [2.45, 2.75) is 0 Å². The minimum absolute atomic E-state index is 0.465. The maximum atomic E-state index is 9.43. The number of carbonyl (C=O) groups is 1. The van der Waals surface area contributed by atoms with Crippen molar-refractivity contribution in [2.24, 2.45) is 4.99 Å². The third-order valence-corrected chi connectivity index (χ3v) is 0.228. The predicted molar refractivity (Wildman–Crippen MR) is 21.8 cm³/mol. The summed E-state index contributed by atoms with van der Waals surface area (Å²) in [5.74, 6) is -1.25. The number of carbonyl (C=O) groups excluding carboxylic acids is 1. The van der Waals surface area contributed by atoms with E-state index in [9.17, 15) is 4.79 Å². The monoisotopic (exact) mass is 100 g/mol. The lowest BCUT2D eigenvalue weighted by atomic mass is 10.8. The second-order valence-corrected chi connectivity index (χ2v) is 0.688. The molecular weight excluding hydrogens is 98.0 g/mol. The van der Waals surface area contributed by atoms with Crippen molar-refractivity contribution in [3.8, 4) is 0 Å². The number of hydrogen-bond donors (Lipinski definition) is 1. The molecule has 0 fully saturated rings. The quantitative estimate of drug-likeness (QED) is 0.462. The smallest absolute Gasteiger partial charge is 0.347 e. The van der Waals surface area contributed by atoms with E-state index in [0.717, 1.165) is 6.41 Å². The fourth-order valence-electron chi connectivity index (χ4n) is 0.0816. The zero-order valence-electron chi connectivity index (χ0n) is 3.29. The molecule has 7 heavy (non-hydrogen) atoms. The van der Waals surface area contributed by atoms with E-state index in [-0.39, 0.29) is 0 Å². The second-order valence-electron chi connectivity index (χ2n) is 0.688. The molecule has 0 spiro atoms. The first kappa shape index (κ1) is 5.81. The third kappa shape index (κ3) is 4.81. The van der Waals surface area contributed by atoms with Gasteiger partial charge in [-0.15, -0.1) is 0 Å². The summed E-state index contributed by atoms with van der Waals surface area (Å²) in [7, 11) is 0. The summed E-state index contributed by atoms with van der Waals surface area (Å²) in [6.07, 6.45) is 1.50. The van der Waals surface area contributed by atoms with Crippen molar-refractivity contribution in [3.05, 3.63) is 0 Å². The average Bonchev–Trinajstić information content (AvgIpc) is 1.61. The lowest BCUT2D eigenvalue weighted by Crippen LogP contribution is -1.93. The summed E-state index contributed by atoms with van der Waals surface area (Å²) >= 11 is 0. The molecule has 0 unspecified atom stereocenters. The van der Waals surface area contributed by atoms with Gasteiger partial charge in [-0.3, -0.25) is 4.79 Å². The molecule has 4 nitrogen and oxygen atoms in total. The SMILES string of the molecule is O=[C]/N=C/C(=O)O. The molecule has 0 saturated carbocycles. The lowest BCUT2D eigenvalue weighted by molar-refractivity contribution is -0.128. The van der Waals surface area contributed by atoms with Crippen LogP contribution in [-0.4, -0.2) is 23.7 Å². The van der Waals surface area contributed by atoms with Gasteiger partial charge in [-0.25, -0.2) is 9.79 Å². The van der Waals surface area contributed by atoms with Crippen molar-refractivity contribution < 1.29 is 14.7 Å². The highest BCUT2D eigenvalue weighted by Gasteiger charge is 1.81. The molecule has 0 aromatic heterocycles. The third-order valence-electron chi connectivity index (χ3n) is 0.228. The normalized spacial score (nSPS) is 9.14. The van der Waals surface area contributed by atoms with E-state index in [2.05, 4.69) is 4.99 Å². The van der Waals surface area contributed by atoms with Gasteiger partial charge in [-0.1, -0.05) is 0 Å². The number of amides is 1. The van der Waals surface area contributed by atoms with E-state index in [1.807, 2.05) is 0 Å². The zero-order valence-corrected chi connectivity index (χ0v) is 3.29. The van der Waals surface area contributed by atoms with Crippen LogP contribution in [0, 0.1) is 0 Å². The van der Waals surface area contributed by atoms with E-state index in [1.165, 1.54) is 0 Å². The van der Waals surface area contributed by atoms with Crippen molar-refractivity contribution in [2.75, 3.05) is 0 Å². The van der Waals surface area contributed by atoms with Crippen LogP contribution in [0.25, 0.3) is 0 Å². The molecule has 1 N–H and O–H groups in total. The standard InChI is InChI=1S/C3H2NO3/c5-2-4-1-3(6)7/h1H,(H,6,7)/b4-1+. The molecule has 0 aliphatic rings. The molecule has 1 amide bonds. The largest absolute Gasteiger partial charge is 0.477 e. The summed E-state index contributed by atoms with van der Waals surface area (Å²) < 4.78 is 0. The summed E-state index contributed by atoms with van der Waals surface area (Å²) in [5.41, 5.74) is 0. The minimum Gasteiger partial charge on any atom is -0.477 e. The van der Waals surface area contributed by atoms with Crippen LogP contribution in [0.15, 0.2) is 4.99 Å². The van der Waals surface area contributed by atoms with Gasteiger partial charge in [0.25, 0.3) is 0 Å². The van der Waals surface area contributed by atoms with Gasteiger partial charge in [-0.2, -0.15) is 0 Å². The second kappa shape index (κ2) is 3.02. The number of aliphatic imine (C=N–C) groups is 1. The number of carboxylic acid groups (broad SMARTS) is 1. The van der Waals surface area contributed by atoms with Gasteiger partial charge >= 0.3 is 12.4 Å². The summed E-state index contributed by atoms with van der Waals surface area (Å²) in [4.78, 5) is 21.2. The fourth-order valence-corrected chi connectivity index (χ4v) is 0.0816. The molecule has 0 aliphatic heterocycles. The van der Waals surface area contributed by atoms with E-state index in [0.29, 0.717) is 6.21 Å². The Labute approximate surface area is 39.5 Å². The molecule has 0 aromatic rings. The number of hydrogen-bond acceptors (Lipinski definition) is 2. The molecule has 1 radical (unpaired) electrons. The summed E-state index contributed by atoms with van der Waals surface area (Å²) in [6, 6.07) is 0. The molecule has 0 heterocycles. The Kier molecular flexibility index (Phi) is 2.50. The van der Waals surface area contributed by atoms with Crippen LogP contribution in [0.2, 0.25) is 0 Å². The van der Waals surface area contributed by atoms with Gasteiger partial charge in [0.15, 0.2) is 0 Å². The molecule has 37 valence electrons. The Morgan fingerprint density at radius 1 is 1.86 bits per heavy atom. The molecule has 0 aliphatic carbocycles. The first-order chi connectivity index (χ1) is 3.27. The highest BCUT2D eigenvalue weighted by atomic mass is 16.4. The number of carboxylic acids is 1. The van der Waals surface area contributed by atoms with E-state index in [4.69, 9.17) is 9.90 Å². The number of aliphatic carboxylic acids is 1. The molecular formula is C3H2NO3. The van der Waals surface area contributed by atoms with Crippen LogP contribution in [0.3, 0.4) is 0 Å². The van der Waals surface area contributed by atoms with Gasteiger partial charge < -0.3 is 5.11 Å². The van der Waals surface area contributed by atoms with Crippen molar-refractivity contribution in [3.63, 3.8) is 0 Å². The van der Waals surface area contributed by atoms with Crippen molar-refractivity contribution >= 4 is 18.6 Å². The summed E-state index contributed by atoms with van der Waals surface area (Å²) in [5, 5.41) is 7.72. The average molecular weight is 100 g/mol. The molecule has 0 atom stereocenters. The van der Waals surface area contributed by atoms with Crippen molar-refractivity contribution in [1.82, 2.24) is 0 Å². The number of rotatable bonds is 2. The number of nitrogens with zero attached hydrogens (tertiary/aromatic N) is 1. The van der Waals surface area contributed by atoms with E-state index >= 15 is 0 Å².